The monoisotopic (exact) mass is 217 g/mol. The zero-order valence-corrected chi connectivity index (χ0v) is 9.53. The molecule has 2 rings (SSSR count). The van der Waals surface area contributed by atoms with Crippen molar-refractivity contribution in [3.05, 3.63) is 40.6 Å². The third-order valence-corrected chi connectivity index (χ3v) is 2.51. The van der Waals surface area contributed by atoms with Gasteiger partial charge in [-0.15, -0.1) is 0 Å². The fraction of sp³-hybridized carbons (Fsp3) is 0.333. The molecule has 0 aliphatic heterocycles. The number of rotatable bonds is 3. The van der Waals surface area contributed by atoms with Crippen molar-refractivity contribution >= 4 is 0 Å². The van der Waals surface area contributed by atoms with Gasteiger partial charge in [0.15, 0.2) is 0 Å². The number of H-pyrrole nitrogens is 1. The molecule has 0 bridgehead atoms. The second kappa shape index (κ2) is 4.35. The Morgan fingerprint density at radius 3 is 2.94 bits per heavy atom. The molecule has 0 unspecified atom stereocenters. The van der Waals surface area contributed by atoms with E-state index < -0.39 is 0 Å². The summed E-state index contributed by atoms with van der Waals surface area (Å²) < 4.78 is 1.91. The molecule has 0 spiro atoms. The normalized spacial score (nSPS) is 10.6. The van der Waals surface area contributed by atoms with Gasteiger partial charge in [-0.25, -0.2) is 0 Å². The zero-order chi connectivity index (χ0) is 11.5. The average molecular weight is 217 g/mol. The molecule has 0 aliphatic rings. The van der Waals surface area contributed by atoms with Crippen molar-refractivity contribution in [1.82, 2.24) is 14.8 Å². The van der Waals surface area contributed by atoms with Crippen LogP contribution >= 0.6 is 0 Å². The Bertz CT molecular complexity index is 539. The summed E-state index contributed by atoms with van der Waals surface area (Å²) >= 11 is 0. The molecule has 0 aromatic carbocycles. The molecular weight excluding hydrogens is 202 g/mol. The summed E-state index contributed by atoms with van der Waals surface area (Å²) in [5.74, 6) is 0. The number of pyridine rings is 1. The number of nitrogens with zero attached hydrogens (tertiary/aromatic N) is 2. The molecule has 2 heterocycles. The van der Waals surface area contributed by atoms with Gasteiger partial charge in [0, 0.05) is 35.6 Å². The van der Waals surface area contributed by atoms with Crippen molar-refractivity contribution < 1.29 is 0 Å². The summed E-state index contributed by atoms with van der Waals surface area (Å²) in [7, 11) is 0. The Kier molecular flexibility index (Phi) is 2.90. The van der Waals surface area contributed by atoms with Crippen LogP contribution in [0.2, 0.25) is 0 Å². The molecule has 0 radical (unpaired) electrons. The van der Waals surface area contributed by atoms with Crippen LogP contribution < -0.4 is 5.56 Å². The Balaban J connectivity index is 2.35. The van der Waals surface area contributed by atoms with Crippen molar-refractivity contribution in [3.8, 4) is 11.1 Å². The number of aromatic amines is 1. The van der Waals surface area contributed by atoms with Crippen molar-refractivity contribution in [2.24, 2.45) is 0 Å². The standard InChI is InChI=1S/C12H15N3O/c1-3-4-15-8-11(7-14-15)10-5-9(2)12(16)13-6-10/h5-8H,3-4H2,1-2H3,(H,13,16). The second-order valence-electron chi connectivity index (χ2n) is 3.89. The maximum atomic E-state index is 11.2. The van der Waals surface area contributed by atoms with Crippen molar-refractivity contribution in [3.63, 3.8) is 0 Å². The summed E-state index contributed by atoms with van der Waals surface area (Å²) in [5.41, 5.74) is 2.72. The second-order valence-corrected chi connectivity index (χ2v) is 3.89. The summed E-state index contributed by atoms with van der Waals surface area (Å²) in [5, 5.41) is 4.26. The molecule has 4 heteroatoms. The van der Waals surface area contributed by atoms with E-state index in [9.17, 15) is 4.79 Å². The van der Waals surface area contributed by atoms with E-state index >= 15 is 0 Å². The van der Waals surface area contributed by atoms with Crippen LogP contribution in [0.25, 0.3) is 11.1 Å². The minimum absolute atomic E-state index is 0.0373. The molecule has 1 N–H and O–H groups in total. The summed E-state index contributed by atoms with van der Waals surface area (Å²) in [6, 6.07) is 1.88. The Labute approximate surface area is 93.9 Å². The molecule has 0 saturated heterocycles. The van der Waals surface area contributed by atoms with Crippen LogP contribution in [0.5, 0.6) is 0 Å². The highest BCUT2D eigenvalue weighted by Crippen LogP contribution is 2.17. The fourth-order valence-electron chi connectivity index (χ4n) is 1.63. The first-order chi connectivity index (χ1) is 7.70. The molecule has 0 atom stereocenters. The van der Waals surface area contributed by atoms with E-state index in [1.807, 2.05) is 23.1 Å². The van der Waals surface area contributed by atoms with E-state index in [0.717, 1.165) is 29.7 Å². The smallest absolute Gasteiger partial charge is 0.250 e. The summed E-state index contributed by atoms with van der Waals surface area (Å²) in [6.45, 7) is 4.84. The van der Waals surface area contributed by atoms with Crippen LogP contribution in [-0.2, 0) is 6.54 Å². The summed E-state index contributed by atoms with van der Waals surface area (Å²) in [6.07, 6.45) is 6.60. The molecule has 84 valence electrons. The zero-order valence-electron chi connectivity index (χ0n) is 9.53. The van der Waals surface area contributed by atoms with Crippen molar-refractivity contribution in [2.45, 2.75) is 26.8 Å². The van der Waals surface area contributed by atoms with E-state index in [-0.39, 0.29) is 5.56 Å². The van der Waals surface area contributed by atoms with Crippen LogP contribution in [-0.4, -0.2) is 14.8 Å². The molecule has 0 amide bonds. The van der Waals surface area contributed by atoms with E-state index in [2.05, 4.69) is 17.0 Å². The first-order valence-electron chi connectivity index (χ1n) is 5.43. The van der Waals surface area contributed by atoms with E-state index in [1.165, 1.54) is 0 Å². The van der Waals surface area contributed by atoms with Gasteiger partial charge in [0.25, 0.3) is 5.56 Å². The maximum Gasteiger partial charge on any atom is 0.250 e. The molecule has 2 aromatic heterocycles. The van der Waals surface area contributed by atoms with Gasteiger partial charge < -0.3 is 4.98 Å². The van der Waals surface area contributed by atoms with Gasteiger partial charge in [-0.3, -0.25) is 9.48 Å². The highest BCUT2D eigenvalue weighted by atomic mass is 16.1. The van der Waals surface area contributed by atoms with E-state index in [1.54, 1.807) is 13.1 Å². The molecule has 16 heavy (non-hydrogen) atoms. The first-order valence-corrected chi connectivity index (χ1v) is 5.43. The van der Waals surface area contributed by atoms with Crippen molar-refractivity contribution in [2.75, 3.05) is 0 Å². The van der Waals surface area contributed by atoms with E-state index in [0.29, 0.717) is 0 Å². The SMILES string of the molecule is CCCn1cc(-c2c[nH]c(=O)c(C)c2)cn1. The quantitative estimate of drug-likeness (QED) is 0.854. The first kappa shape index (κ1) is 10.7. The molecule has 0 aliphatic carbocycles. The highest BCUT2D eigenvalue weighted by Gasteiger charge is 2.03. The third kappa shape index (κ3) is 2.05. The minimum Gasteiger partial charge on any atom is -0.328 e. The number of hydrogen-bond acceptors (Lipinski definition) is 2. The Hall–Kier alpha value is -1.84. The Morgan fingerprint density at radius 2 is 2.25 bits per heavy atom. The van der Waals surface area contributed by atoms with Gasteiger partial charge in [0.1, 0.15) is 0 Å². The minimum atomic E-state index is -0.0373. The van der Waals surface area contributed by atoms with Crippen LogP contribution in [0.1, 0.15) is 18.9 Å². The highest BCUT2D eigenvalue weighted by molar-refractivity contribution is 5.61. The lowest BCUT2D eigenvalue weighted by Crippen LogP contribution is -2.07. The van der Waals surface area contributed by atoms with Gasteiger partial charge in [-0.1, -0.05) is 6.92 Å². The Morgan fingerprint density at radius 1 is 1.44 bits per heavy atom. The van der Waals surface area contributed by atoms with Gasteiger partial charge in [-0.05, 0) is 19.4 Å². The molecule has 0 saturated carbocycles. The van der Waals surface area contributed by atoms with Crippen molar-refractivity contribution in [1.29, 1.82) is 0 Å². The third-order valence-electron chi connectivity index (χ3n) is 2.51. The lowest BCUT2D eigenvalue weighted by Gasteiger charge is -1.98. The molecule has 0 fully saturated rings. The largest absolute Gasteiger partial charge is 0.328 e. The fourth-order valence-corrected chi connectivity index (χ4v) is 1.63. The molecule has 4 nitrogen and oxygen atoms in total. The molecule has 2 aromatic rings. The predicted molar refractivity (Wildman–Crippen MR) is 63.3 cm³/mol. The lowest BCUT2D eigenvalue weighted by atomic mass is 10.1. The topological polar surface area (TPSA) is 50.7 Å². The number of aryl methyl sites for hydroxylation is 2. The van der Waals surface area contributed by atoms with Crippen LogP contribution in [0.3, 0.4) is 0 Å². The van der Waals surface area contributed by atoms with Gasteiger partial charge in [0.2, 0.25) is 0 Å². The van der Waals surface area contributed by atoms with Crippen LogP contribution in [0.4, 0.5) is 0 Å². The maximum absolute atomic E-state index is 11.2. The van der Waals surface area contributed by atoms with Crippen LogP contribution in [0, 0.1) is 6.92 Å². The van der Waals surface area contributed by atoms with Crippen LogP contribution in [0.15, 0.2) is 29.5 Å². The predicted octanol–water partition coefficient (Wildman–Crippen LogP) is 1.96. The van der Waals surface area contributed by atoms with Gasteiger partial charge in [-0.2, -0.15) is 5.10 Å². The summed E-state index contributed by atoms with van der Waals surface area (Å²) in [4.78, 5) is 13.9. The lowest BCUT2D eigenvalue weighted by molar-refractivity contribution is 0.603. The number of nitrogens with one attached hydrogen (secondary N) is 1. The number of aromatic nitrogens is 3. The van der Waals surface area contributed by atoms with E-state index in [4.69, 9.17) is 0 Å². The van der Waals surface area contributed by atoms with Gasteiger partial charge >= 0.3 is 0 Å². The average Bonchev–Trinajstić information content (AvgIpc) is 2.71. The number of hydrogen-bond donors (Lipinski definition) is 1. The van der Waals surface area contributed by atoms with Gasteiger partial charge in [0.05, 0.1) is 6.20 Å². The molecular formula is C12H15N3O.